The van der Waals surface area contributed by atoms with Crippen LogP contribution in [0.3, 0.4) is 0 Å². The van der Waals surface area contributed by atoms with E-state index in [0.29, 0.717) is 40.6 Å². The van der Waals surface area contributed by atoms with Crippen molar-refractivity contribution in [3.8, 4) is 5.75 Å². The zero-order valence-electron chi connectivity index (χ0n) is 17.0. The predicted octanol–water partition coefficient (Wildman–Crippen LogP) is 4.78. The molecule has 31 heavy (non-hydrogen) atoms. The first kappa shape index (κ1) is 20.7. The predicted molar refractivity (Wildman–Crippen MR) is 122 cm³/mol. The zero-order valence-corrected chi connectivity index (χ0v) is 17.7. The van der Waals surface area contributed by atoms with Crippen LogP contribution in [0, 0.1) is 0 Å². The van der Waals surface area contributed by atoms with Crippen LogP contribution in [-0.2, 0) is 16.0 Å². The molecule has 0 fully saturated rings. The number of nitrogens with zero attached hydrogens (tertiary/aromatic N) is 1. The standard InChI is InChI=1S/C25H21ClN2O3/c1-31-21-13-12-19(16-20(21)26)27-23-22(18-10-6-3-7-11-18)24(29)28(25(23)30)15-14-17-8-4-2-5-9-17/h2-13,16,27H,14-15H2,1H3. The second kappa shape index (κ2) is 9.06. The van der Waals surface area contributed by atoms with Crippen molar-refractivity contribution in [1.29, 1.82) is 0 Å². The van der Waals surface area contributed by atoms with Crippen LogP contribution in [0.2, 0.25) is 5.02 Å². The van der Waals surface area contributed by atoms with Gasteiger partial charge in [0.1, 0.15) is 11.4 Å². The van der Waals surface area contributed by atoms with Crippen molar-refractivity contribution in [2.45, 2.75) is 6.42 Å². The lowest BCUT2D eigenvalue weighted by Gasteiger charge is -2.15. The second-order valence-corrected chi connectivity index (χ2v) is 7.50. The highest BCUT2D eigenvalue weighted by molar-refractivity contribution is 6.36. The van der Waals surface area contributed by atoms with E-state index in [1.165, 1.54) is 12.0 Å². The van der Waals surface area contributed by atoms with E-state index < -0.39 is 0 Å². The summed E-state index contributed by atoms with van der Waals surface area (Å²) in [6, 6.07) is 24.1. The minimum absolute atomic E-state index is 0.241. The lowest BCUT2D eigenvalue weighted by atomic mass is 10.0. The summed E-state index contributed by atoms with van der Waals surface area (Å²) >= 11 is 6.24. The Labute approximate surface area is 185 Å². The number of carbonyl (C=O) groups excluding carboxylic acids is 2. The molecule has 0 spiro atoms. The Hall–Kier alpha value is -3.57. The van der Waals surface area contributed by atoms with E-state index in [1.807, 2.05) is 60.7 Å². The Kier molecular flexibility index (Phi) is 6.05. The number of rotatable bonds is 7. The molecule has 1 N–H and O–H groups in total. The molecule has 3 aromatic carbocycles. The van der Waals surface area contributed by atoms with Crippen LogP contribution in [0.15, 0.2) is 84.6 Å². The summed E-state index contributed by atoms with van der Waals surface area (Å²) in [7, 11) is 1.54. The molecule has 4 rings (SSSR count). The van der Waals surface area contributed by atoms with Gasteiger partial charge in [0.05, 0.1) is 17.7 Å². The fourth-order valence-corrected chi connectivity index (χ4v) is 3.80. The number of imide groups is 1. The van der Waals surface area contributed by atoms with Crippen molar-refractivity contribution in [3.63, 3.8) is 0 Å². The summed E-state index contributed by atoms with van der Waals surface area (Å²) < 4.78 is 5.19. The Morgan fingerprint density at radius 1 is 0.903 bits per heavy atom. The minimum atomic E-state index is -0.355. The number of methoxy groups -OCH3 is 1. The number of halogens is 1. The van der Waals surface area contributed by atoms with Crippen LogP contribution < -0.4 is 10.1 Å². The van der Waals surface area contributed by atoms with E-state index in [9.17, 15) is 9.59 Å². The molecule has 0 bridgehead atoms. The third-order valence-electron chi connectivity index (χ3n) is 5.12. The largest absolute Gasteiger partial charge is 0.495 e. The number of ether oxygens (including phenoxy) is 1. The van der Waals surface area contributed by atoms with Gasteiger partial charge in [-0.2, -0.15) is 0 Å². The van der Waals surface area contributed by atoms with E-state index in [2.05, 4.69) is 5.32 Å². The molecule has 2 amide bonds. The first-order chi connectivity index (χ1) is 15.1. The van der Waals surface area contributed by atoms with E-state index in [4.69, 9.17) is 16.3 Å². The first-order valence-electron chi connectivity index (χ1n) is 9.89. The van der Waals surface area contributed by atoms with Gasteiger partial charge in [-0.15, -0.1) is 0 Å². The van der Waals surface area contributed by atoms with Gasteiger partial charge in [0.25, 0.3) is 11.8 Å². The van der Waals surface area contributed by atoms with Crippen molar-refractivity contribution in [2.24, 2.45) is 0 Å². The molecule has 1 heterocycles. The van der Waals surface area contributed by atoms with Gasteiger partial charge in [-0.3, -0.25) is 14.5 Å². The number of hydrogen-bond donors (Lipinski definition) is 1. The first-order valence-corrected chi connectivity index (χ1v) is 10.3. The molecule has 6 heteroatoms. The number of amides is 2. The number of anilines is 1. The molecule has 156 valence electrons. The Bertz CT molecular complexity index is 1140. The van der Waals surface area contributed by atoms with E-state index in [0.717, 1.165) is 5.56 Å². The summed E-state index contributed by atoms with van der Waals surface area (Å²) in [6.07, 6.45) is 0.585. The molecule has 1 aliphatic heterocycles. The molecule has 0 atom stereocenters. The molecule has 0 saturated carbocycles. The van der Waals surface area contributed by atoms with Gasteiger partial charge in [0.15, 0.2) is 0 Å². The summed E-state index contributed by atoms with van der Waals surface area (Å²) in [6.45, 7) is 0.298. The van der Waals surface area contributed by atoms with Crippen LogP contribution in [0.5, 0.6) is 5.75 Å². The summed E-state index contributed by atoms with van der Waals surface area (Å²) in [4.78, 5) is 27.8. The fraction of sp³-hybridized carbons (Fsp3) is 0.120. The van der Waals surface area contributed by atoms with Crippen LogP contribution in [-0.4, -0.2) is 30.4 Å². The smallest absolute Gasteiger partial charge is 0.278 e. The lowest BCUT2D eigenvalue weighted by molar-refractivity contribution is -0.136. The fourth-order valence-electron chi connectivity index (χ4n) is 3.54. The van der Waals surface area contributed by atoms with Crippen molar-refractivity contribution >= 4 is 34.7 Å². The quantitative estimate of drug-likeness (QED) is 0.546. The van der Waals surface area contributed by atoms with E-state index >= 15 is 0 Å². The van der Waals surface area contributed by atoms with Crippen molar-refractivity contribution in [2.75, 3.05) is 19.0 Å². The molecule has 3 aromatic rings. The maximum absolute atomic E-state index is 13.3. The normalized spacial score (nSPS) is 13.7. The van der Waals surface area contributed by atoms with Gasteiger partial charge in [-0.25, -0.2) is 0 Å². The highest BCUT2D eigenvalue weighted by Crippen LogP contribution is 2.33. The average Bonchev–Trinajstić information content (AvgIpc) is 3.03. The molecule has 0 unspecified atom stereocenters. The third-order valence-corrected chi connectivity index (χ3v) is 5.41. The number of nitrogens with one attached hydrogen (secondary N) is 1. The lowest BCUT2D eigenvalue weighted by Crippen LogP contribution is -2.34. The van der Waals surface area contributed by atoms with Gasteiger partial charge < -0.3 is 10.1 Å². The summed E-state index contributed by atoms with van der Waals surface area (Å²) in [5.41, 5.74) is 2.94. The van der Waals surface area contributed by atoms with Crippen LogP contribution in [0.25, 0.3) is 5.57 Å². The molecule has 0 aliphatic carbocycles. The number of carbonyl (C=O) groups is 2. The summed E-state index contributed by atoms with van der Waals surface area (Å²) in [5, 5.41) is 3.53. The summed E-state index contributed by atoms with van der Waals surface area (Å²) in [5.74, 6) is -0.135. The third kappa shape index (κ3) is 4.32. The molecule has 0 aromatic heterocycles. The molecule has 0 saturated heterocycles. The van der Waals surface area contributed by atoms with Crippen LogP contribution in [0.1, 0.15) is 11.1 Å². The highest BCUT2D eigenvalue weighted by atomic mass is 35.5. The van der Waals surface area contributed by atoms with Crippen LogP contribution >= 0.6 is 11.6 Å². The monoisotopic (exact) mass is 432 g/mol. The number of benzene rings is 3. The maximum atomic E-state index is 13.3. The van der Waals surface area contributed by atoms with E-state index in [1.54, 1.807) is 18.2 Å². The van der Waals surface area contributed by atoms with Gasteiger partial charge in [-0.05, 0) is 35.7 Å². The van der Waals surface area contributed by atoms with Crippen molar-refractivity contribution in [1.82, 2.24) is 4.90 Å². The van der Waals surface area contributed by atoms with Crippen molar-refractivity contribution < 1.29 is 14.3 Å². The van der Waals surface area contributed by atoms with Gasteiger partial charge in [0, 0.05) is 12.2 Å². The maximum Gasteiger partial charge on any atom is 0.278 e. The molecule has 0 radical (unpaired) electrons. The Morgan fingerprint density at radius 3 is 2.23 bits per heavy atom. The van der Waals surface area contributed by atoms with Crippen molar-refractivity contribution in [3.05, 3.63) is 101 Å². The van der Waals surface area contributed by atoms with Gasteiger partial charge >= 0.3 is 0 Å². The minimum Gasteiger partial charge on any atom is -0.495 e. The average molecular weight is 433 g/mol. The van der Waals surface area contributed by atoms with Crippen LogP contribution in [0.4, 0.5) is 5.69 Å². The molecular weight excluding hydrogens is 412 g/mol. The SMILES string of the molecule is COc1ccc(NC2=C(c3ccccc3)C(=O)N(CCc3ccccc3)C2=O)cc1Cl. The Balaban J connectivity index is 1.66. The molecule has 5 nitrogen and oxygen atoms in total. The molecular formula is C25H21ClN2O3. The highest BCUT2D eigenvalue weighted by Gasteiger charge is 2.38. The second-order valence-electron chi connectivity index (χ2n) is 7.09. The van der Waals surface area contributed by atoms with Gasteiger partial charge in [0.2, 0.25) is 0 Å². The topological polar surface area (TPSA) is 58.6 Å². The zero-order chi connectivity index (χ0) is 21.8. The Morgan fingerprint density at radius 2 is 1.58 bits per heavy atom. The molecule has 1 aliphatic rings. The van der Waals surface area contributed by atoms with Gasteiger partial charge in [-0.1, -0.05) is 72.3 Å². The number of hydrogen-bond acceptors (Lipinski definition) is 4. The van der Waals surface area contributed by atoms with E-state index in [-0.39, 0.29) is 17.5 Å².